The molecule has 2 aromatic rings. The second-order valence-corrected chi connectivity index (χ2v) is 5.53. The van der Waals surface area contributed by atoms with E-state index in [1.165, 1.54) is 22.9 Å². The summed E-state index contributed by atoms with van der Waals surface area (Å²) < 4.78 is 14.2. The van der Waals surface area contributed by atoms with Crippen LogP contribution in [0.2, 0.25) is 0 Å². The Labute approximate surface area is 132 Å². The van der Waals surface area contributed by atoms with Crippen LogP contribution in [0.1, 0.15) is 16.8 Å². The summed E-state index contributed by atoms with van der Waals surface area (Å²) in [6.45, 7) is 1.25. The number of rotatable bonds is 2. The maximum Gasteiger partial charge on any atom is 0.317 e. The number of amides is 2. The van der Waals surface area contributed by atoms with Gasteiger partial charge in [0, 0.05) is 44.7 Å². The molecule has 3 rings (SSSR count). The van der Waals surface area contributed by atoms with Gasteiger partial charge in [-0.15, -0.1) is 0 Å². The van der Waals surface area contributed by atoms with E-state index in [-0.39, 0.29) is 17.4 Å². The van der Waals surface area contributed by atoms with E-state index in [0.29, 0.717) is 26.1 Å². The molecule has 2 heterocycles. The maximum absolute atomic E-state index is 12.8. The second-order valence-electron chi connectivity index (χ2n) is 5.53. The first-order valence-electron chi connectivity index (χ1n) is 7.36. The van der Waals surface area contributed by atoms with Crippen molar-refractivity contribution in [3.05, 3.63) is 63.3 Å². The molecule has 2 amide bonds. The largest absolute Gasteiger partial charge is 0.334 e. The number of nitrogens with one attached hydrogen (secondary N) is 1. The summed E-state index contributed by atoms with van der Waals surface area (Å²) in [5.74, 6) is -0.304. The van der Waals surface area contributed by atoms with E-state index in [0.717, 1.165) is 16.8 Å². The number of benzene rings is 1. The number of aryl methyl sites for hydroxylation is 1. The van der Waals surface area contributed by atoms with Gasteiger partial charge >= 0.3 is 6.03 Å². The smallest absolute Gasteiger partial charge is 0.317 e. The number of carbonyl (C=O) groups is 1. The summed E-state index contributed by atoms with van der Waals surface area (Å²) >= 11 is 0. The lowest BCUT2D eigenvalue weighted by molar-refractivity contribution is 0.191. The topological polar surface area (TPSA) is 67.2 Å². The summed E-state index contributed by atoms with van der Waals surface area (Å²) in [5.41, 5.74) is 2.29. The third-order valence-electron chi connectivity index (χ3n) is 3.88. The van der Waals surface area contributed by atoms with Gasteiger partial charge in [0.25, 0.3) is 5.56 Å². The molecular formula is C16H17FN4O2. The van der Waals surface area contributed by atoms with Gasteiger partial charge in [0.05, 0.1) is 5.69 Å². The van der Waals surface area contributed by atoms with Crippen LogP contribution in [-0.2, 0) is 26.6 Å². The van der Waals surface area contributed by atoms with Gasteiger partial charge in [0.1, 0.15) is 5.82 Å². The fourth-order valence-corrected chi connectivity index (χ4v) is 2.56. The number of carbonyl (C=O) groups excluding carboxylic acids is 1. The molecule has 0 saturated heterocycles. The Morgan fingerprint density at radius 2 is 2.09 bits per heavy atom. The number of hydrogen-bond donors (Lipinski definition) is 1. The van der Waals surface area contributed by atoms with E-state index >= 15 is 0 Å². The first kappa shape index (κ1) is 15.2. The van der Waals surface area contributed by atoms with Crippen LogP contribution < -0.4 is 10.9 Å². The highest BCUT2D eigenvalue weighted by atomic mass is 19.1. The van der Waals surface area contributed by atoms with E-state index in [1.807, 2.05) is 0 Å². The number of fused-ring (bicyclic) bond motifs is 1. The lowest BCUT2D eigenvalue weighted by atomic mass is 10.1. The first-order valence-corrected chi connectivity index (χ1v) is 7.36. The van der Waals surface area contributed by atoms with Gasteiger partial charge in [-0.05, 0) is 17.7 Å². The predicted molar refractivity (Wildman–Crippen MR) is 82.2 cm³/mol. The van der Waals surface area contributed by atoms with Crippen molar-refractivity contribution in [1.82, 2.24) is 20.0 Å². The van der Waals surface area contributed by atoms with Crippen molar-refractivity contribution in [2.45, 2.75) is 19.5 Å². The average Bonchev–Trinajstić information content (AvgIpc) is 2.54. The zero-order valence-electron chi connectivity index (χ0n) is 12.8. The molecule has 6 nitrogen and oxygen atoms in total. The Hall–Kier alpha value is -2.70. The van der Waals surface area contributed by atoms with Crippen LogP contribution in [-0.4, -0.2) is 27.3 Å². The van der Waals surface area contributed by atoms with Crippen molar-refractivity contribution in [2.75, 3.05) is 6.54 Å². The average molecular weight is 316 g/mol. The molecule has 1 aliphatic heterocycles. The van der Waals surface area contributed by atoms with E-state index < -0.39 is 0 Å². The monoisotopic (exact) mass is 316 g/mol. The van der Waals surface area contributed by atoms with Gasteiger partial charge in [-0.2, -0.15) is 5.10 Å². The second kappa shape index (κ2) is 6.20. The van der Waals surface area contributed by atoms with Gasteiger partial charge in [-0.3, -0.25) is 4.79 Å². The van der Waals surface area contributed by atoms with E-state index in [2.05, 4.69) is 10.4 Å². The zero-order chi connectivity index (χ0) is 16.4. The Morgan fingerprint density at radius 1 is 1.35 bits per heavy atom. The Bertz CT molecular complexity index is 786. The van der Waals surface area contributed by atoms with Crippen molar-refractivity contribution in [2.24, 2.45) is 7.05 Å². The van der Waals surface area contributed by atoms with Crippen molar-refractivity contribution < 1.29 is 9.18 Å². The summed E-state index contributed by atoms with van der Waals surface area (Å²) in [7, 11) is 1.62. The molecule has 7 heteroatoms. The minimum absolute atomic E-state index is 0.183. The summed E-state index contributed by atoms with van der Waals surface area (Å²) in [6.07, 6.45) is 0.618. The molecule has 0 aliphatic carbocycles. The van der Waals surface area contributed by atoms with Crippen LogP contribution >= 0.6 is 0 Å². The minimum atomic E-state index is -0.304. The van der Waals surface area contributed by atoms with Crippen molar-refractivity contribution in [1.29, 1.82) is 0 Å². The normalized spacial score (nSPS) is 13.6. The number of halogens is 1. The Balaban J connectivity index is 1.63. The molecule has 1 N–H and O–H groups in total. The Morgan fingerprint density at radius 3 is 2.83 bits per heavy atom. The molecule has 0 radical (unpaired) electrons. The fourth-order valence-electron chi connectivity index (χ4n) is 2.56. The highest BCUT2D eigenvalue weighted by molar-refractivity contribution is 5.74. The summed E-state index contributed by atoms with van der Waals surface area (Å²) in [6, 6.07) is 7.31. The number of hydrogen-bond acceptors (Lipinski definition) is 3. The lowest BCUT2D eigenvalue weighted by Crippen LogP contribution is -2.43. The minimum Gasteiger partial charge on any atom is -0.334 e. The summed E-state index contributed by atoms with van der Waals surface area (Å²) in [4.78, 5) is 25.5. The standard InChI is InChI=1S/C16H17FN4O2/c1-20-15(22)8-12-10-21(7-6-14(12)19-20)16(23)18-9-11-2-4-13(17)5-3-11/h2-5,8H,6-7,9-10H2,1H3,(H,18,23). The van der Waals surface area contributed by atoms with Gasteiger partial charge in [-0.25, -0.2) is 13.9 Å². The maximum atomic E-state index is 12.8. The molecular weight excluding hydrogens is 299 g/mol. The van der Waals surface area contributed by atoms with Crippen molar-refractivity contribution >= 4 is 6.03 Å². The van der Waals surface area contributed by atoms with E-state index in [1.54, 1.807) is 24.1 Å². The van der Waals surface area contributed by atoms with Gasteiger partial charge < -0.3 is 10.2 Å². The number of nitrogens with zero attached hydrogens (tertiary/aromatic N) is 3. The predicted octanol–water partition coefficient (Wildman–Crippen LogP) is 1.19. The first-order chi connectivity index (χ1) is 11.0. The lowest BCUT2D eigenvalue weighted by Gasteiger charge is -2.28. The van der Waals surface area contributed by atoms with Gasteiger partial charge in [-0.1, -0.05) is 12.1 Å². The molecule has 0 bridgehead atoms. The molecule has 1 aromatic carbocycles. The van der Waals surface area contributed by atoms with Gasteiger partial charge in [0.15, 0.2) is 0 Å². The van der Waals surface area contributed by atoms with Crippen LogP contribution in [0.4, 0.5) is 9.18 Å². The van der Waals surface area contributed by atoms with Crippen LogP contribution in [0.25, 0.3) is 0 Å². The van der Waals surface area contributed by atoms with Crippen molar-refractivity contribution in [3.8, 4) is 0 Å². The summed E-state index contributed by atoms with van der Waals surface area (Å²) in [5, 5.41) is 7.02. The SMILES string of the molecule is Cn1nc2c(cc1=O)CN(C(=O)NCc1ccc(F)cc1)CC2. The molecule has 1 aliphatic rings. The van der Waals surface area contributed by atoms with E-state index in [4.69, 9.17) is 0 Å². The third kappa shape index (κ3) is 3.39. The molecule has 23 heavy (non-hydrogen) atoms. The molecule has 0 spiro atoms. The fraction of sp³-hybridized carbons (Fsp3) is 0.312. The quantitative estimate of drug-likeness (QED) is 0.905. The Kier molecular flexibility index (Phi) is 4.10. The van der Waals surface area contributed by atoms with Crippen LogP contribution in [0.3, 0.4) is 0 Å². The molecule has 0 saturated carbocycles. The van der Waals surface area contributed by atoms with Crippen molar-refractivity contribution in [3.63, 3.8) is 0 Å². The molecule has 120 valence electrons. The molecule has 0 fully saturated rings. The van der Waals surface area contributed by atoms with Gasteiger partial charge in [0.2, 0.25) is 0 Å². The molecule has 0 atom stereocenters. The highest BCUT2D eigenvalue weighted by Crippen LogP contribution is 2.15. The third-order valence-corrected chi connectivity index (χ3v) is 3.88. The highest BCUT2D eigenvalue weighted by Gasteiger charge is 2.22. The zero-order valence-corrected chi connectivity index (χ0v) is 12.8. The molecule has 1 aromatic heterocycles. The van der Waals surface area contributed by atoms with Crippen LogP contribution in [0.15, 0.2) is 35.1 Å². The number of aromatic nitrogens is 2. The van der Waals surface area contributed by atoms with Crippen LogP contribution in [0, 0.1) is 5.82 Å². The van der Waals surface area contributed by atoms with E-state index in [9.17, 15) is 14.0 Å². The molecule has 0 unspecified atom stereocenters. The van der Waals surface area contributed by atoms with Crippen LogP contribution in [0.5, 0.6) is 0 Å². The number of urea groups is 1.